The summed E-state index contributed by atoms with van der Waals surface area (Å²) in [5.41, 5.74) is 2.65. The highest BCUT2D eigenvalue weighted by molar-refractivity contribution is 5.36. The van der Waals surface area contributed by atoms with Crippen LogP contribution in [0.25, 0.3) is 0 Å². The molecule has 1 N–H and O–H groups in total. The normalized spacial score (nSPS) is 16.1. The van der Waals surface area contributed by atoms with Crippen molar-refractivity contribution < 1.29 is 27.5 Å². The van der Waals surface area contributed by atoms with Crippen LogP contribution in [0.3, 0.4) is 0 Å². The fraction of sp³-hybridized carbons (Fsp3) is 0.0909. The number of hydroxylamine groups is 1. The number of ether oxygens (including phenoxy) is 2. The summed E-state index contributed by atoms with van der Waals surface area (Å²) in [6, 6.07) is 21.4. The lowest BCUT2D eigenvalue weighted by atomic mass is 10.1. The molecular formula is C22H16F3NO3. The monoisotopic (exact) mass is 399 g/mol. The SMILES string of the molecule is FC(F)(F)c1cccc(OC2=CC(c3ccc(Oc4ccccc4)cc3)ON2)c1. The van der Waals surface area contributed by atoms with Crippen LogP contribution in [-0.2, 0) is 11.0 Å². The van der Waals surface area contributed by atoms with E-state index in [2.05, 4.69) is 5.48 Å². The molecule has 1 aliphatic heterocycles. The van der Waals surface area contributed by atoms with Gasteiger partial charge in [0.05, 0.1) is 5.56 Å². The van der Waals surface area contributed by atoms with E-state index in [0.717, 1.165) is 23.4 Å². The second-order valence-electron chi connectivity index (χ2n) is 6.28. The van der Waals surface area contributed by atoms with Crippen molar-refractivity contribution in [2.75, 3.05) is 0 Å². The van der Waals surface area contributed by atoms with Crippen molar-refractivity contribution in [3.63, 3.8) is 0 Å². The molecule has 1 unspecified atom stereocenters. The van der Waals surface area contributed by atoms with Gasteiger partial charge in [-0.1, -0.05) is 36.4 Å². The van der Waals surface area contributed by atoms with Gasteiger partial charge in [-0.25, -0.2) is 5.48 Å². The molecule has 29 heavy (non-hydrogen) atoms. The van der Waals surface area contributed by atoms with Crippen molar-refractivity contribution in [1.29, 1.82) is 0 Å². The lowest BCUT2D eigenvalue weighted by Crippen LogP contribution is -2.12. The maximum Gasteiger partial charge on any atom is 0.416 e. The van der Waals surface area contributed by atoms with Gasteiger partial charge in [0.25, 0.3) is 0 Å². The van der Waals surface area contributed by atoms with Crippen LogP contribution < -0.4 is 15.0 Å². The molecule has 0 radical (unpaired) electrons. The molecule has 1 aliphatic rings. The molecule has 0 fully saturated rings. The molecule has 1 atom stereocenters. The molecule has 7 heteroatoms. The van der Waals surface area contributed by atoms with Crippen LogP contribution >= 0.6 is 0 Å². The number of benzene rings is 3. The first-order chi connectivity index (χ1) is 14.0. The summed E-state index contributed by atoms with van der Waals surface area (Å²) in [5.74, 6) is 1.69. The molecule has 0 saturated heterocycles. The number of halogens is 3. The minimum atomic E-state index is -4.43. The van der Waals surface area contributed by atoms with E-state index < -0.39 is 17.8 Å². The van der Waals surface area contributed by atoms with E-state index in [0.29, 0.717) is 5.75 Å². The van der Waals surface area contributed by atoms with Gasteiger partial charge in [-0.2, -0.15) is 13.2 Å². The van der Waals surface area contributed by atoms with E-state index >= 15 is 0 Å². The van der Waals surface area contributed by atoms with Gasteiger partial charge in [0.2, 0.25) is 5.88 Å². The zero-order chi connectivity index (χ0) is 20.3. The maximum absolute atomic E-state index is 12.8. The number of rotatable bonds is 5. The lowest BCUT2D eigenvalue weighted by molar-refractivity contribution is -0.137. The molecule has 4 nitrogen and oxygen atoms in total. The smallest absolute Gasteiger partial charge is 0.416 e. The highest BCUT2D eigenvalue weighted by Crippen LogP contribution is 2.33. The molecule has 0 aromatic heterocycles. The number of para-hydroxylation sites is 1. The second kappa shape index (κ2) is 7.89. The molecule has 3 aromatic carbocycles. The van der Waals surface area contributed by atoms with Gasteiger partial charge in [0.15, 0.2) is 0 Å². The lowest BCUT2D eigenvalue weighted by Gasteiger charge is -2.10. The standard InChI is InChI=1S/C22H16F3NO3/c23-22(24,25)16-5-4-8-19(13-16)28-21-14-20(29-26-21)15-9-11-18(12-10-15)27-17-6-2-1-3-7-17/h1-14,20,26H. The third-order valence-corrected chi connectivity index (χ3v) is 4.17. The van der Waals surface area contributed by atoms with Crippen molar-refractivity contribution in [3.8, 4) is 17.2 Å². The first kappa shape index (κ1) is 18.9. The van der Waals surface area contributed by atoms with Crippen LogP contribution in [0.2, 0.25) is 0 Å². The quantitative estimate of drug-likeness (QED) is 0.572. The van der Waals surface area contributed by atoms with Crippen LogP contribution in [0.4, 0.5) is 13.2 Å². The summed E-state index contributed by atoms with van der Waals surface area (Å²) in [6.07, 6.45) is -3.23. The molecule has 0 aliphatic carbocycles. The summed E-state index contributed by atoms with van der Waals surface area (Å²) in [7, 11) is 0. The Morgan fingerprint density at radius 1 is 0.759 bits per heavy atom. The van der Waals surface area contributed by atoms with Crippen LogP contribution in [0.1, 0.15) is 17.2 Å². The molecular weight excluding hydrogens is 383 g/mol. The predicted molar refractivity (Wildman–Crippen MR) is 100 cm³/mol. The first-order valence-electron chi connectivity index (χ1n) is 8.79. The van der Waals surface area contributed by atoms with Crippen molar-refractivity contribution in [2.45, 2.75) is 12.3 Å². The summed E-state index contributed by atoms with van der Waals surface area (Å²) >= 11 is 0. The number of hydrogen-bond acceptors (Lipinski definition) is 4. The van der Waals surface area contributed by atoms with Crippen molar-refractivity contribution in [3.05, 3.63) is 102 Å². The highest BCUT2D eigenvalue weighted by Gasteiger charge is 2.31. The Labute approximate surface area is 165 Å². The minimum absolute atomic E-state index is 0.0643. The zero-order valence-corrected chi connectivity index (χ0v) is 15.0. The van der Waals surface area contributed by atoms with Crippen LogP contribution in [0.15, 0.2) is 90.8 Å². The number of nitrogens with one attached hydrogen (secondary N) is 1. The van der Waals surface area contributed by atoms with Crippen molar-refractivity contribution >= 4 is 0 Å². The maximum atomic E-state index is 12.8. The summed E-state index contributed by atoms with van der Waals surface area (Å²) < 4.78 is 49.7. The topological polar surface area (TPSA) is 39.7 Å². The molecule has 0 bridgehead atoms. The average Bonchev–Trinajstić information content (AvgIpc) is 3.17. The molecule has 0 spiro atoms. The fourth-order valence-corrected chi connectivity index (χ4v) is 2.76. The van der Waals surface area contributed by atoms with E-state index in [4.69, 9.17) is 14.3 Å². The average molecular weight is 399 g/mol. The third kappa shape index (κ3) is 4.70. The van der Waals surface area contributed by atoms with Gasteiger partial charge < -0.3 is 9.47 Å². The molecule has 3 aromatic rings. The van der Waals surface area contributed by atoms with Gasteiger partial charge in [-0.15, -0.1) is 0 Å². The van der Waals surface area contributed by atoms with E-state index in [9.17, 15) is 13.2 Å². The van der Waals surface area contributed by atoms with Crippen molar-refractivity contribution in [2.24, 2.45) is 0 Å². The van der Waals surface area contributed by atoms with Gasteiger partial charge in [0.1, 0.15) is 23.4 Å². The Balaban J connectivity index is 1.42. The van der Waals surface area contributed by atoms with Crippen molar-refractivity contribution in [1.82, 2.24) is 5.48 Å². The molecule has 148 valence electrons. The van der Waals surface area contributed by atoms with E-state index in [1.807, 2.05) is 54.6 Å². The second-order valence-corrected chi connectivity index (χ2v) is 6.28. The number of alkyl halides is 3. The van der Waals surface area contributed by atoms with Gasteiger partial charge in [-0.05, 0) is 48.0 Å². The van der Waals surface area contributed by atoms with E-state index in [-0.39, 0.29) is 11.6 Å². The first-order valence-corrected chi connectivity index (χ1v) is 8.79. The predicted octanol–water partition coefficient (Wildman–Crippen LogP) is 5.99. The summed E-state index contributed by atoms with van der Waals surface area (Å²) in [4.78, 5) is 5.45. The van der Waals surface area contributed by atoms with E-state index in [1.165, 1.54) is 12.1 Å². The van der Waals surface area contributed by atoms with Crippen LogP contribution in [0.5, 0.6) is 17.2 Å². The largest absolute Gasteiger partial charge is 0.457 e. The Kier molecular flexibility index (Phi) is 5.14. The summed E-state index contributed by atoms with van der Waals surface area (Å²) in [5, 5.41) is 0. The molecule has 0 amide bonds. The van der Waals surface area contributed by atoms with Gasteiger partial charge in [-0.3, -0.25) is 4.84 Å². The Bertz CT molecular complexity index is 1000. The highest BCUT2D eigenvalue weighted by atomic mass is 19.4. The zero-order valence-electron chi connectivity index (χ0n) is 15.0. The summed E-state index contributed by atoms with van der Waals surface area (Å²) in [6.45, 7) is 0. The Hall–Kier alpha value is -3.45. The minimum Gasteiger partial charge on any atom is -0.457 e. The third-order valence-electron chi connectivity index (χ3n) is 4.17. The van der Waals surface area contributed by atoms with Gasteiger partial charge >= 0.3 is 6.18 Å². The molecule has 1 heterocycles. The fourth-order valence-electron chi connectivity index (χ4n) is 2.76. The Morgan fingerprint density at radius 3 is 2.17 bits per heavy atom. The molecule has 0 saturated carbocycles. The Morgan fingerprint density at radius 2 is 1.45 bits per heavy atom. The van der Waals surface area contributed by atoms with Crippen LogP contribution in [0, 0.1) is 0 Å². The van der Waals surface area contributed by atoms with E-state index in [1.54, 1.807) is 6.08 Å². The van der Waals surface area contributed by atoms with Crippen LogP contribution in [-0.4, -0.2) is 0 Å². The molecule has 4 rings (SSSR count). The van der Waals surface area contributed by atoms with Gasteiger partial charge in [0, 0.05) is 6.08 Å². The number of hydrogen-bond donors (Lipinski definition) is 1.